The van der Waals surface area contributed by atoms with Crippen LogP contribution in [0.1, 0.15) is 30.1 Å². The lowest BCUT2D eigenvalue weighted by Crippen LogP contribution is -2.25. The van der Waals surface area contributed by atoms with Crippen LogP contribution in [0, 0.1) is 17.6 Å². The van der Waals surface area contributed by atoms with Gasteiger partial charge in [0.2, 0.25) is 5.89 Å². The molecule has 1 aromatic heterocycles. The zero-order valence-corrected chi connectivity index (χ0v) is 10.9. The summed E-state index contributed by atoms with van der Waals surface area (Å²) in [5, 5.41) is 3.81. The number of nitrogens with zero attached hydrogens (tertiary/aromatic N) is 2. The molecule has 6 heteroatoms. The number of benzene rings is 1. The molecule has 3 rings (SSSR count). The highest BCUT2D eigenvalue weighted by Crippen LogP contribution is 2.32. The topological polar surface area (TPSA) is 64.9 Å². The standard InChI is InChI=1S/C14H15F2N3O/c15-10-4-3-9(11(16)6-10)5-13-18-14(20-19-13)7-12(17)8-1-2-8/h3-4,6,8,12H,1-2,5,7,17H2. The Morgan fingerprint density at radius 3 is 2.85 bits per heavy atom. The molecule has 20 heavy (non-hydrogen) atoms. The minimum absolute atomic E-state index is 0.0471. The Bertz CT molecular complexity index is 610. The van der Waals surface area contributed by atoms with Crippen molar-refractivity contribution in [3.8, 4) is 0 Å². The van der Waals surface area contributed by atoms with E-state index >= 15 is 0 Å². The van der Waals surface area contributed by atoms with Crippen LogP contribution < -0.4 is 5.73 Å². The molecule has 1 fully saturated rings. The van der Waals surface area contributed by atoms with Gasteiger partial charge in [0.05, 0.1) is 0 Å². The van der Waals surface area contributed by atoms with Crippen molar-refractivity contribution in [3.05, 3.63) is 47.1 Å². The molecular weight excluding hydrogens is 264 g/mol. The smallest absolute Gasteiger partial charge is 0.228 e. The first kappa shape index (κ1) is 13.2. The van der Waals surface area contributed by atoms with Crippen molar-refractivity contribution < 1.29 is 13.3 Å². The molecular formula is C14H15F2N3O. The molecule has 1 aliphatic rings. The van der Waals surface area contributed by atoms with Gasteiger partial charge in [-0.25, -0.2) is 8.78 Å². The van der Waals surface area contributed by atoms with Crippen LogP contribution in [-0.4, -0.2) is 16.2 Å². The first-order valence-corrected chi connectivity index (χ1v) is 6.63. The van der Waals surface area contributed by atoms with Gasteiger partial charge in [-0.1, -0.05) is 11.2 Å². The maximum atomic E-state index is 13.5. The van der Waals surface area contributed by atoms with Crippen molar-refractivity contribution in [2.24, 2.45) is 11.7 Å². The van der Waals surface area contributed by atoms with E-state index in [1.807, 2.05) is 0 Å². The molecule has 0 saturated heterocycles. The molecule has 0 spiro atoms. The van der Waals surface area contributed by atoms with E-state index in [9.17, 15) is 8.78 Å². The summed E-state index contributed by atoms with van der Waals surface area (Å²) in [6.07, 6.45) is 3.03. The maximum Gasteiger partial charge on any atom is 0.228 e. The van der Waals surface area contributed by atoms with Crippen LogP contribution in [0.5, 0.6) is 0 Å². The van der Waals surface area contributed by atoms with Gasteiger partial charge < -0.3 is 10.3 Å². The van der Waals surface area contributed by atoms with Crippen LogP contribution in [-0.2, 0) is 12.8 Å². The summed E-state index contributed by atoms with van der Waals surface area (Å²) in [5.41, 5.74) is 6.32. The Kier molecular flexibility index (Phi) is 3.48. The summed E-state index contributed by atoms with van der Waals surface area (Å²) < 4.78 is 31.4. The molecule has 1 heterocycles. The SMILES string of the molecule is NC(Cc1nc(Cc2ccc(F)cc2F)no1)C1CC1. The van der Waals surface area contributed by atoms with Crippen molar-refractivity contribution >= 4 is 0 Å². The third-order valence-corrected chi connectivity index (χ3v) is 3.51. The van der Waals surface area contributed by atoms with E-state index in [4.69, 9.17) is 10.3 Å². The van der Waals surface area contributed by atoms with Gasteiger partial charge in [-0.2, -0.15) is 4.98 Å². The fraction of sp³-hybridized carbons (Fsp3) is 0.429. The fourth-order valence-corrected chi connectivity index (χ4v) is 2.17. The van der Waals surface area contributed by atoms with E-state index < -0.39 is 11.6 Å². The van der Waals surface area contributed by atoms with Gasteiger partial charge in [0.1, 0.15) is 11.6 Å². The molecule has 106 valence electrons. The number of hydrogen-bond acceptors (Lipinski definition) is 4. The average Bonchev–Trinajstić information content (AvgIpc) is 3.16. The second kappa shape index (κ2) is 5.28. The molecule has 1 saturated carbocycles. The summed E-state index contributed by atoms with van der Waals surface area (Å²) in [6.45, 7) is 0. The third-order valence-electron chi connectivity index (χ3n) is 3.51. The lowest BCUT2D eigenvalue weighted by atomic mass is 10.1. The zero-order chi connectivity index (χ0) is 14.1. The maximum absolute atomic E-state index is 13.5. The highest BCUT2D eigenvalue weighted by Gasteiger charge is 2.29. The average molecular weight is 279 g/mol. The summed E-state index contributed by atoms with van der Waals surface area (Å²) in [6, 6.07) is 3.49. The largest absolute Gasteiger partial charge is 0.339 e. The van der Waals surface area contributed by atoms with E-state index in [1.165, 1.54) is 12.1 Å². The van der Waals surface area contributed by atoms with Gasteiger partial charge in [0.25, 0.3) is 0 Å². The minimum atomic E-state index is -0.606. The molecule has 1 unspecified atom stereocenters. The molecule has 4 nitrogen and oxygen atoms in total. The molecule has 0 radical (unpaired) electrons. The van der Waals surface area contributed by atoms with Crippen LogP contribution in [0.3, 0.4) is 0 Å². The Balaban J connectivity index is 1.67. The summed E-state index contributed by atoms with van der Waals surface area (Å²) in [7, 11) is 0. The molecule has 2 aromatic rings. The first-order valence-electron chi connectivity index (χ1n) is 6.63. The fourth-order valence-electron chi connectivity index (χ4n) is 2.17. The van der Waals surface area contributed by atoms with Gasteiger partial charge in [-0.05, 0) is 30.4 Å². The third kappa shape index (κ3) is 3.01. The minimum Gasteiger partial charge on any atom is -0.339 e. The van der Waals surface area contributed by atoms with Crippen LogP contribution >= 0.6 is 0 Å². The van der Waals surface area contributed by atoms with Crippen LogP contribution in [0.2, 0.25) is 0 Å². The second-order valence-electron chi connectivity index (χ2n) is 5.22. The summed E-state index contributed by atoms with van der Waals surface area (Å²) in [5.74, 6) is 0.205. The molecule has 0 amide bonds. The van der Waals surface area contributed by atoms with Gasteiger partial charge in [-0.15, -0.1) is 0 Å². The number of hydrogen-bond donors (Lipinski definition) is 1. The van der Waals surface area contributed by atoms with Crippen LogP contribution in [0.25, 0.3) is 0 Å². The highest BCUT2D eigenvalue weighted by atomic mass is 19.1. The lowest BCUT2D eigenvalue weighted by molar-refractivity contribution is 0.359. The van der Waals surface area contributed by atoms with Crippen molar-refractivity contribution in [2.45, 2.75) is 31.7 Å². The number of halogens is 2. The Labute approximate surface area is 115 Å². The van der Waals surface area contributed by atoms with Crippen molar-refractivity contribution in [1.82, 2.24) is 10.1 Å². The summed E-state index contributed by atoms with van der Waals surface area (Å²) in [4.78, 5) is 4.20. The van der Waals surface area contributed by atoms with E-state index in [1.54, 1.807) is 0 Å². The second-order valence-corrected chi connectivity index (χ2v) is 5.22. The van der Waals surface area contributed by atoms with E-state index in [-0.39, 0.29) is 12.5 Å². The monoisotopic (exact) mass is 279 g/mol. The van der Waals surface area contributed by atoms with Gasteiger partial charge >= 0.3 is 0 Å². The number of aromatic nitrogens is 2. The van der Waals surface area contributed by atoms with Gasteiger partial charge in [0, 0.05) is 24.9 Å². The normalized spacial score (nSPS) is 16.4. The Morgan fingerprint density at radius 2 is 2.15 bits per heavy atom. The Morgan fingerprint density at radius 1 is 1.35 bits per heavy atom. The predicted octanol–water partition coefficient (Wildman–Crippen LogP) is 2.22. The number of nitrogens with two attached hydrogens (primary N) is 1. The zero-order valence-electron chi connectivity index (χ0n) is 10.9. The Hall–Kier alpha value is -1.82. The highest BCUT2D eigenvalue weighted by molar-refractivity contribution is 5.21. The molecule has 1 aromatic carbocycles. The summed E-state index contributed by atoms with van der Waals surface area (Å²) >= 11 is 0. The number of rotatable bonds is 5. The molecule has 0 aliphatic heterocycles. The first-order chi connectivity index (χ1) is 9.61. The van der Waals surface area contributed by atoms with E-state index in [2.05, 4.69) is 10.1 Å². The van der Waals surface area contributed by atoms with E-state index in [0.29, 0.717) is 29.6 Å². The quantitative estimate of drug-likeness (QED) is 0.911. The molecule has 1 atom stereocenters. The van der Waals surface area contributed by atoms with Gasteiger partial charge in [-0.3, -0.25) is 0 Å². The lowest BCUT2D eigenvalue weighted by Gasteiger charge is -2.04. The molecule has 2 N–H and O–H groups in total. The van der Waals surface area contributed by atoms with Crippen LogP contribution in [0.4, 0.5) is 8.78 Å². The van der Waals surface area contributed by atoms with Gasteiger partial charge in [0.15, 0.2) is 5.82 Å². The van der Waals surface area contributed by atoms with Crippen LogP contribution in [0.15, 0.2) is 22.7 Å². The predicted molar refractivity (Wildman–Crippen MR) is 67.9 cm³/mol. The van der Waals surface area contributed by atoms with Crippen molar-refractivity contribution in [2.75, 3.05) is 0 Å². The van der Waals surface area contributed by atoms with Crippen molar-refractivity contribution in [3.63, 3.8) is 0 Å². The molecule has 1 aliphatic carbocycles. The molecule has 0 bridgehead atoms. The van der Waals surface area contributed by atoms with Crippen molar-refractivity contribution in [1.29, 1.82) is 0 Å². The van der Waals surface area contributed by atoms with E-state index in [0.717, 1.165) is 18.9 Å².